The Labute approximate surface area is 237 Å². The summed E-state index contributed by atoms with van der Waals surface area (Å²) in [4.78, 5) is 35.0. The predicted molar refractivity (Wildman–Crippen MR) is 159 cm³/mol. The van der Waals surface area contributed by atoms with E-state index in [0.29, 0.717) is 26.2 Å². The molecule has 0 radical (unpaired) electrons. The number of amides is 2. The molecule has 3 heterocycles. The number of carbonyl (C=O) groups is 2. The van der Waals surface area contributed by atoms with Crippen molar-refractivity contribution in [3.63, 3.8) is 0 Å². The fourth-order valence-corrected chi connectivity index (χ4v) is 6.94. The van der Waals surface area contributed by atoms with E-state index in [9.17, 15) is 9.59 Å². The highest BCUT2D eigenvalue weighted by Gasteiger charge is 2.37. The van der Waals surface area contributed by atoms with E-state index in [-0.39, 0.29) is 29.3 Å². The zero-order chi connectivity index (χ0) is 27.7. The minimum Gasteiger partial charge on any atom is -0.340 e. The normalized spacial score (nSPS) is 19.4. The molecule has 0 spiro atoms. The van der Waals surface area contributed by atoms with Crippen LogP contribution in [0.4, 0.5) is 0 Å². The van der Waals surface area contributed by atoms with Crippen LogP contribution in [0.3, 0.4) is 0 Å². The highest BCUT2D eigenvalue weighted by molar-refractivity contribution is 7.10. The van der Waals surface area contributed by atoms with Gasteiger partial charge in [-0.05, 0) is 77.9 Å². The SMILES string of the molecule is Cc1ccccc1[C@@H]1c2ccsc2CCN1[C@@H](C)C(=O)N1CCCN(C(=O)c2ccc(C(C)(C)C)cc2)CC1. The van der Waals surface area contributed by atoms with E-state index in [2.05, 4.69) is 87.4 Å². The zero-order valence-electron chi connectivity index (χ0n) is 23.9. The lowest BCUT2D eigenvalue weighted by molar-refractivity contribution is -0.137. The van der Waals surface area contributed by atoms with Crippen molar-refractivity contribution in [1.82, 2.24) is 14.7 Å². The first-order valence-corrected chi connectivity index (χ1v) is 15.1. The van der Waals surface area contributed by atoms with E-state index < -0.39 is 0 Å². The molecule has 0 unspecified atom stereocenters. The topological polar surface area (TPSA) is 43.9 Å². The van der Waals surface area contributed by atoms with Crippen molar-refractivity contribution in [2.45, 2.75) is 65.0 Å². The standard InChI is InChI=1S/C33H41N3O2S/c1-23-9-6-7-10-27(23)30-28-16-22-39-29(28)15-19-36(30)24(2)31(37)34-17-8-18-35(21-20-34)32(38)25-11-13-26(14-12-25)33(3,4)5/h6-7,9-14,16,22,24,30H,8,15,17-21H2,1-5H3/t24-,30+/m0/s1. The van der Waals surface area contributed by atoms with Crippen molar-refractivity contribution in [1.29, 1.82) is 0 Å². The average Bonchev–Trinajstić information content (AvgIpc) is 3.27. The van der Waals surface area contributed by atoms with Crippen molar-refractivity contribution < 1.29 is 9.59 Å². The van der Waals surface area contributed by atoms with Gasteiger partial charge in [-0.15, -0.1) is 11.3 Å². The van der Waals surface area contributed by atoms with Crippen molar-refractivity contribution in [3.05, 3.63) is 92.7 Å². The third-order valence-corrected chi connectivity index (χ3v) is 9.43. The molecule has 5 nitrogen and oxygen atoms in total. The Kier molecular flexibility index (Phi) is 7.97. The maximum Gasteiger partial charge on any atom is 0.253 e. The number of aryl methyl sites for hydroxylation is 1. The largest absolute Gasteiger partial charge is 0.340 e. The molecule has 3 aromatic rings. The fraction of sp³-hybridized carbons (Fsp3) is 0.455. The summed E-state index contributed by atoms with van der Waals surface area (Å²) < 4.78 is 0. The number of fused-ring (bicyclic) bond motifs is 1. The third-order valence-electron chi connectivity index (χ3n) is 8.43. The highest BCUT2D eigenvalue weighted by atomic mass is 32.1. The molecule has 2 amide bonds. The number of thiophene rings is 1. The van der Waals surface area contributed by atoms with Gasteiger partial charge in [0.1, 0.15) is 0 Å². The molecule has 1 aromatic heterocycles. The molecule has 0 saturated carbocycles. The molecule has 2 aliphatic heterocycles. The summed E-state index contributed by atoms with van der Waals surface area (Å²) in [5, 5.41) is 2.18. The van der Waals surface area contributed by atoms with Crippen LogP contribution in [0.2, 0.25) is 0 Å². The smallest absolute Gasteiger partial charge is 0.253 e. The first-order valence-electron chi connectivity index (χ1n) is 14.2. The molecule has 5 rings (SSSR count). The molecule has 0 bridgehead atoms. The van der Waals surface area contributed by atoms with E-state index in [1.165, 1.54) is 27.1 Å². The molecule has 2 aromatic carbocycles. The number of nitrogens with zero attached hydrogens (tertiary/aromatic N) is 3. The minimum absolute atomic E-state index is 0.0541. The van der Waals surface area contributed by atoms with Gasteiger partial charge in [-0.2, -0.15) is 0 Å². The summed E-state index contributed by atoms with van der Waals surface area (Å²) in [6, 6.07) is 18.6. The second-order valence-corrected chi connectivity index (χ2v) is 13.0. The Morgan fingerprint density at radius 3 is 2.28 bits per heavy atom. The molecule has 0 aliphatic carbocycles. The number of hydrogen-bond acceptors (Lipinski definition) is 4. The van der Waals surface area contributed by atoms with Crippen LogP contribution in [0.25, 0.3) is 0 Å². The van der Waals surface area contributed by atoms with Gasteiger partial charge in [0.25, 0.3) is 5.91 Å². The first kappa shape index (κ1) is 27.6. The molecular weight excluding hydrogens is 502 g/mol. The molecule has 2 atom stereocenters. The summed E-state index contributed by atoms with van der Waals surface area (Å²) in [6.07, 6.45) is 1.77. The Balaban J connectivity index is 1.29. The van der Waals surface area contributed by atoms with Crippen molar-refractivity contribution in [3.8, 4) is 0 Å². The molecule has 2 aliphatic rings. The lowest BCUT2D eigenvalue weighted by Gasteiger charge is -2.41. The Bertz CT molecular complexity index is 1320. The van der Waals surface area contributed by atoms with Gasteiger partial charge in [0, 0.05) is 43.2 Å². The zero-order valence-corrected chi connectivity index (χ0v) is 24.8. The van der Waals surface area contributed by atoms with Crippen LogP contribution in [0, 0.1) is 6.92 Å². The lowest BCUT2D eigenvalue weighted by atomic mass is 9.86. The van der Waals surface area contributed by atoms with Crippen molar-refractivity contribution >= 4 is 23.2 Å². The Hall–Kier alpha value is -2.96. The van der Waals surface area contributed by atoms with Gasteiger partial charge in [0.05, 0.1) is 12.1 Å². The second kappa shape index (κ2) is 11.3. The van der Waals surface area contributed by atoms with Crippen LogP contribution in [0.15, 0.2) is 60.0 Å². The second-order valence-electron chi connectivity index (χ2n) is 12.0. The summed E-state index contributed by atoms with van der Waals surface area (Å²) in [7, 11) is 0. The van der Waals surface area contributed by atoms with Crippen LogP contribution in [0.1, 0.15) is 77.6 Å². The van der Waals surface area contributed by atoms with E-state index in [4.69, 9.17) is 0 Å². The van der Waals surface area contributed by atoms with E-state index in [1.807, 2.05) is 33.3 Å². The lowest BCUT2D eigenvalue weighted by Crippen LogP contribution is -2.51. The molecule has 0 N–H and O–H groups in total. The molecule has 1 saturated heterocycles. The number of carbonyl (C=O) groups excluding carboxylic acids is 2. The van der Waals surface area contributed by atoms with Crippen LogP contribution < -0.4 is 0 Å². The van der Waals surface area contributed by atoms with Crippen LogP contribution >= 0.6 is 11.3 Å². The quantitative estimate of drug-likeness (QED) is 0.402. The van der Waals surface area contributed by atoms with Crippen molar-refractivity contribution in [2.24, 2.45) is 0 Å². The van der Waals surface area contributed by atoms with Crippen LogP contribution in [-0.4, -0.2) is 65.3 Å². The van der Waals surface area contributed by atoms with Gasteiger partial charge in [-0.1, -0.05) is 57.2 Å². The Morgan fingerprint density at radius 1 is 0.872 bits per heavy atom. The van der Waals surface area contributed by atoms with Crippen molar-refractivity contribution in [2.75, 3.05) is 32.7 Å². The summed E-state index contributed by atoms with van der Waals surface area (Å²) in [5.74, 6) is 0.217. The van der Waals surface area contributed by atoms with E-state index >= 15 is 0 Å². The fourth-order valence-electron chi connectivity index (χ4n) is 6.04. The predicted octanol–water partition coefficient (Wildman–Crippen LogP) is 6.06. The molecule has 1 fully saturated rings. The molecule has 6 heteroatoms. The summed E-state index contributed by atoms with van der Waals surface area (Å²) in [5.41, 5.74) is 5.87. The maximum absolute atomic E-state index is 13.9. The van der Waals surface area contributed by atoms with Gasteiger partial charge in [0.2, 0.25) is 5.91 Å². The summed E-state index contributed by atoms with van der Waals surface area (Å²) >= 11 is 1.83. The third kappa shape index (κ3) is 5.68. The van der Waals surface area contributed by atoms with Gasteiger partial charge in [-0.3, -0.25) is 14.5 Å². The van der Waals surface area contributed by atoms with Crippen LogP contribution in [-0.2, 0) is 16.6 Å². The van der Waals surface area contributed by atoms with E-state index in [0.717, 1.165) is 24.9 Å². The van der Waals surface area contributed by atoms with Gasteiger partial charge >= 0.3 is 0 Å². The molecule has 39 heavy (non-hydrogen) atoms. The Morgan fingerprint density at radius 2 is 1.56 bits per heavy atom. The van der Waals surface area contributed by atoms with Gasteiger partial charge < -0.3 is 9.80 Å². The number of benzene rings is 2. The van der Waals surface area contributed by atoms with Crippen LogP contribution in [0.5, 0.6) is 0 Å². The minimum atomic E-state index is -0.241. The average molecular weight is 544 g/mol. The number of hydrogen-bond donors (Lipinski definition) is 0. The first-order chi connectivity index (χ1) is 18.6. The summed E-state index contributed by atoms with van der Waals surface area (Å²) in [6.45, 7) is 14.1. The highest BCUT2D eigenvalue weighted by Crippen LogP contribution is 2.40. The molecule has 206 valence electrons. The maximum atomic E-state index is 13.9. The monoisotopic (exact) mass is 543 g/mol. The molecular formula is C33H41N3O2S. The van der Waals surface area contributed by atoms with Gasteiger partial charge in [-0.25, -0.2) is 0 Å². The van der Waals surface area contributed by atoms with Gasteiger partial charge in [0.15, 0.2) is 0 Å². The number of rotatable bonds is 4. The van der Waals surface area contributed by atoms with E-state index in [1.54, 1.807) is 0 Å².